The summed E-state index contributed by atoms with van der Waals surface area (Å²) in [6.45, 7) is 6.37. The van der Waals surface area contributed by atoms with E-state index in [1.165, 1.54) is 16.7 Å². The first-order valence-electron chi connectivity index (χ1n) is 9.70. The minimum Gasteiger partial charge on any atom is -0.334 e. The van der Waals surface area contributed by atoms with Gasteiger partial charge in [0.1, 0.15) is 12.4 Å². The number of carbonyl (C=O) groups excluding carboxylic acids is 1. The predicted molar refractivity (Wildman–Crippen MR) is 115 cm³/mol. The molecule has 0 aliphatic heterocycles. The lowest BCUT2D eigenvalue weighted by Gasteiger charge is -2.29. The van der Waals surface area contributed by atoms with E-state index in [0.29, 0.717) is 12.2 Å². The Hall–Kier alpha value is -2.73. The molecule has 0 aliphatic rings. The summed E-state index contributed by atoms with van der Waals surface area (Å²) in [4.78, 5) is 28.3. The highest BCUT2D eigenvalue weighted by Crippen LogP contribution is 2.26. The third-order valence-electron chi connectivity index (χ3n) is 5.11. The summed E-state index contributed by atoms with van der Waals surface area (Å²) in [5, 5.41) is 0. The fourth-order valence-corrected chi connectivity index (χ4v) is 4.20. The number of nitrogens with zero attached hydrogens (tertiary/aromatic N) is 2. The highest BCUT2D eigenvalue weighted by Gasteiger charge is 2.23. The molecule has 6 heteroatoms. The number of benzene rings is 2. The number of amides is 1. The second-order valence-electron chi connectivity index (χ2n) is 7.13. The van der Waals surface area contributed by atoms with Crippen LogP contribution in [0.5, 0.6) is 0 Å². The molecule has 0 saturated heterocycles. The molecule has 29 heavy (non-hydrogen) atoms. The van der Waals surface area contributed by atoms with Gasteiger partial charge < -0.3 is 4.90 Å². The first kappa shape index (κ1) is 21.0. The van der Waals surface area contributed by atoms with E-state index < -0.39 is 0 Å². The van der Waals surface area contributed by atoms with Crippen molar-refractivity contribution >= 4 is 17.2 Å². The minimum absolute atomic E-state index is 0.0347. The van der Waals surface area contributed by atoms with E-state index in [9.17, 15) is 14.0 Å². The fraction of sp³-hybridized carbons (Fsp3) is 0.304. The highest BCUT2D eigenvalue weighted by molar-refractivity contribution is 7.09. The third-order valence-corrected chi connectivity index (χ3v) is 6.01. The summed E-state index contributed by atoms with van der Waals surface area (Å²) in [7, 11) is 0. The Morgan fingerprint density at radius 3 is 2.41 bits per heavy atom. The number of rotatable bonds is 7. The average molecular weight is 413 g/mol. The second-order valence-corrected chi connectivity index (χ2v) is 8.30. The molecule has 1 heterocycles. The lowest BCUT2D eigenvalue weighted by atomic mass is 10.1. The molecule has 0 spiro atoms. The van der Waals surface area contributed by atoms with Crippen LogP contribution in [0.25, 0.3) is 11.3 Å². The molecule has 1 atom stereocenters. The van der Waals surface area contributed by atoms with Crippen molar-refractivity contribution in [1.82, 2.24) is 9.47 Å². The average Bonchev–Trinajstić information content (AvgIpc) is 3.00. The fourth-order valence-electron chi connectivity index (χ4n) is 3.34. The van der Waals surface area contributed by atoms with Gasteiger partial charge in [-0.2, -0.15) is 0 Å². The van der Waals surface area contributed by atoms with Crippen LogP contribution in [0, 0.1) is 12.7 Å². The molecule has 0 saturated carbocycles. The number of aryl methyl sites for hydroxylation is 1. The van der Waals surface area contributed by atoms with Crippen molar-refractivity contribution in [2.45, 2.75) is 46.3 Å². The summed E-state index contributed by atoms with van der Waals surface area (Å²) < 4.78 is 14.8. The van der Waals surface area contributed by atoms with Gasteiger partial charge in [0, 0.05) is 17.5 Å². The number of carbonyl (C=O) groups is 1. The van der Waals surface area contributed by atoms with Gasteiger partial charge in [-0.15, -0.1) is 0 Å². The van der Waals surface area contributed by atoms with Gasteiger partial charge in [-0.1, -0.05) is 48.6 Å². The van der Waals surface area contributed by atoms with Crippen LogP contribution in [0.4, 0.5) is 4.39 Å². The van der Waals surface area contributed by atoms with Crippen molar-refractivity contribution in [3.63, 3.8) is 0 Å². The van der Waals surface area contributed by atoms with Crippen LogP contribution in [0.3, 0.4) is 0 Å². The Bertz CT molecular complexity index is 1030. The Labute approximate surface area is 174 Å². The number of hydrogen-bond donors (Lipinski definition) is 0. The second kappa shape index (κ2) is 9.18. The predicted octanol–water partition coefficient (Wildman–Crippen LogP) is 4.85. The molecular formula is C23H25FN2O2S. The van der Waals surface area contributed by atoms with Crippen molar-refractivity contribution in [2.24, 2.45) is 0 Å². The number of thiazole rings is 1. The van der Waals surface area contributed by atoms with Gasteiger partial charge in [-0.05, 0) is 55.7 Å². The van der Waals surface area contributed by atoms with E-state index in [-0.39, 0.29) is 29.2 Å². The highest BCUT2D eigenvalue weighted by atomic mass is 32.1. The van der Waals surface area contributed by atoms with E-state index in [1.54, 1.807) is 12.1 Å². The lowest BCUT2D eigenvalue weighted by Crippen LogP contribution is -2.41. The molecule has 1 amide bonds. The van der Waals surface area contributed by atoms with Gasteiger partial charge in [0.2, 0.25) is 5.91 Å². The topological polar surface area (TPSA) is 42.3 Å². The largest absolute Gasteiger partial charge is 0.334 e. The van der Waals surface area contributed by atoms with Crippen LogP contribution in [-0.2, 0) is 17.9 Å². The zero-order valence-electron chi connectivity index (χ0n) is 16.9. The molecule has 3 rings (SSSR count). The van der Waals surface area contributed by atoms with Crippen LogP contribution < -0.4 is 4.87 Å². The quantitative estimate of drug-likeness (QED) is 0.557. The van der Waals surface area contributed by atoms with E-state index in [2.05, 4.69) is 0 Å². The monoisotopic (exact) mass is 412 g/mol. The molecule has 0 aliphatic carbocycles. The van der Waals surface area contributed by atoms with Gasteiger partial charge in [0.05, 0.1) is 5.69 Å². The first-order chi connectivity index (χ1) is 13.9. The Morgan fingerprint density at radius 1 is 1.14 bits per heavy atom. The van der Waals surface area contributed by atoms with Crippen LogP contribution in [0.2, 0.25) is 0 Å². The number of hydrogen-bond acceptors (Lipinski definition) is 3. The summed E-state index contributed by atoms with van der Waals surface area (Å²) >= 11 is 1.11. The molecule has 0 N–H and O–H groups in total. The Balaban J connectivity index is 1.92. The maximum absolute atomic E-state index is 13.3. The molecule has 152 valence electrons. The molecule has 1 aromatic heterocycles. The Kier molecular flexibility index (Phi) is 6.64. The molecule has 3 aromatic rings. The standard InChI is InChI=1S/C23H25FN2O2S/c1-4-16(2)25(14-18-8-6-5-7-9-18)21(27)15-26-22(17(3)29-23(26)28)19-10-12-20(24)13-11-19/h5-13,16H,4,14-15H2,1-3H3. The molecule has 4 nitrogen and oxygen atoms in total. The lowest BCUT2D eigenvalue weighted by molar-refractivity contribution is -0.134. The van der Waals surface area contributed by atoms with Crippen molar-refractivity contribution in [3.8, 4) is 11.3 Å². The van der Waals surface area contributed by atoms with E-state index in [4.69, 9.17) is 0 Å². The Morgan fingerprint density at radius 2 is 1.79 bits per heavy atom. The summed E-state index contributed by atoms with van der Waals surface area (Å²) in [6.07, 6.45) is 0.820. The van der Waals surface area contributed by atoms with Gasteiger partial charge >= 0.3 is 4.87 Å². The molecule has 1 unspecified atom stereocenters. The SMILES string of the molecule is CCC(C)N(Cc1ccccc1)C(=O)Cn1c(-c2ccc(F)cc2)c(C)sc1=O. The van der Waals surface area contributed by atoms with Gasteiger partial charge in [0.25, 0.3) is 0 Å². The van der Waals surface area contributed by atoms with Crippen LogP contribution >= 0.6 is 11.3 Å². The van der Waals surface area contributed by atoms with Crippen LogP contribution in [0.1, 0.15) is 30.7 Å². The van der Waals surface area contributed by atoms with Crippen LogP contribution in [-0.4, -0.2) is 21.4 Å². The smallest absolute Gasteiger partial charge is 0.308 e. The zero-order valence-corrected chi connectivity index (χ0v) is 17.7. The molecule has 0 bridgehead atoms. The number of halogens is 1. The van der Waals surface area contributed by atoms with Crippen molar-refractivity contribution in [1.29, 1.82) is 0 Å². The summed E-state index contributed by atoms with van der Waals surface area (Å²) in [5.74, 6) is -0.441. The summed E-state index contributed by atoms with van der Waals surface area (Å²) in [6, 6.07) is 15.9. The molecular weight excluding hydrogens is 387 g/mol. The van der Waals surface area contributed by atoms with Gasteiger partial charge in [0.15, 0.2) is 0 Å². The van der Waals surface area contributed by atoms with Crippen molar-refractivity contribution in [2.75, 3.05) is 0 Å². The van der Waals surface area contributed by atoms with Gasteiger partial charge in [-0.25, -0.2) is 4.39 Å². The maximum atomic E-state index is 13.3. The van der Waals surface area contributed by atoms with Crippen molar-refractivity contribution in [3.05, 3.63) is 80.5 Å². The zero-order chi connectivity index (χ0) is 21.0. The molecule has 0 fully saturated rings. The minimum atomic E-state index is -0.336. The van der Waals surface area contributed by atoms with Crippen LogP contribution in [0.15, 0.2) is 59.4 Å². The van der Waals surface area contributed by atoms with E-state index in [1.807, 2.05) is 56.0 Å². The first-order valence-corrected chi connectivity index (χ1v) is 10.5. The summed E-state index contributed by atoms with van der Waals surface area (Å²) in [5.41, 5.74) is 2.46. The van der Waals surface area contributed by atoms with Crippen molar-refractivity contribution < 1.29 is 9.18 Å². The maximum Gasteiger partial charge on any atom is 0.308 e. The van der Waals surface area contributed by atoms with E-state index in [0.717, 1.165) is 33.8 Å². The normalized spacial score (nSPS) is 12.0. The van der Waals surface area contributed by atoms with E-state index >= 15 is 0 Å². The third kappa shape index (κ3) is 4.82. The van der Waals surface area contributed by atoms with Gasteiger partial charge in [-0.3, -0.25) is 14.2 Å². The molecule has 0 radical (unpaired) electrons. The number of aromatic nitrogens is 1. The molecule has 2 aromatic carbocycles.